The average molecular weight is 243 g/mol. The summed E-state index contributed by atoms with van der Waals surface area (Å²) in [6.07, 6.45) is 0.317. The fraction of sp³-hybridized carbons (Fsp3) is 0.417. The summed E-state index contributed by atoms with van der Waals surface area (Å²) in [5, 5.41) is 0.558. The fourth-order valence-corrected chi connectivity index (χ4v) is 1.33. The Morgan fingerprint density at radius 2 is 2.00 bits per heavy atom. The Bertz CT molecular complexity index is 388. The third-order valence-corrected chi connectivity index (χ3v) is 2.44. The molecule has 1 aromatic carbocycles. The highest BCUT2D eigenvalue weighted by Gasteiger charge is 2.11. The Balaban J connectivity index is 3.03. The SMILES string of the molecule is CCOc1cc(C)c(Cl)cc1OC(=O)CC. The summed E-state index contributed by atoms with van der Waals surface area (Å²) in [5.74, 6) is 0.622. The second kappa shape index (κ2) is 5.75. The van der Waals surface area contributed by atoms with E-state index in [1.807, 2.05) is 13.8 Å². The van der Waals surface area contributed by atoms with Gasteiger partial charge in [0.2, 0.25) is 0 Å². The second-order valence-electron chi connectivity index (χ2n) is 3.31. The van der Waals surface area contributed by atoms with Gasteiger partial charge in [0.25, 0.3) is 0 Å². The van der Waals surface area contributed by atoms with E-state index in [4.69, 9.17) is 21.1 Å². The van der Waals surface area contributed by atoms with Gasteiger partial charge in [-0.1, -0.05) is 18.5 Å². The molecule has 0 saturated carbocycles. The van der Waals surface area contributed by atoms with Gasteiger partial charge < -0.3 is 9.47 Å². The van der Waals surface area contributed by atoms with Crippen molar-refractivity contribution in [2.24, 2.45) is 0 Å². The predicted molar refractivity (Wildman–Crippen MR) is 63.3 cm³/mol. The minimum Gasteiger partial charge on any atom is -0.490 e. The third-order valence-electron chi connectivity index (χ3n) is 2.04. The van der Waals surface area contributed by atoms with Gasteiger partial charge in [0.05, 0.1) is 6.61 Å². The molecule has 0 unspecified atom stereocenters. The summed E-state index contributed by atoms with van der Waals surface area (Å²) in [6, 6.07) is 3.37. The van der Waals surface area contributed by atoms with Crippen LogP contribution in [0.1, 0.15) is 25.8 Å². The molecule has 0 N–H and O–H groups in total. The van der Waals surface area contributed by atoms with E-state index in [1.54, 1.807) is 19.1 Å². The third kappa shape index (κ3) is 3.14. The van der Waals surface area contributed by atoms with Gasteiger partial charge in [0.1, 0.15) is 0 Å². The summed E-state index contributed by atoms with van der Waals surface area (Å²) in [5.41, 5.74) is 0.890. The quantitative estimate of drug-likeness (QED) is 0.600. The number of rotatable bonds is 4. The van der Waals surface area contributed by atoms with Crippen LogP contribution in [0.25, 0.3) is 0 Å². The van der Waals surface area contributed by atoms with Crippen LogP contribution in [0.15, 0.2) is 12.1 Å². The van der Waals surface area contributed by atoms with Crippen LogP contribution >= 0.6 is 11.6 Å². The normalized spacial score (nSPS) is 10.0. The van der Waals surface area contributed by atoms with Crippen LogP contribution in [-0.2, 0) is 4.79 Å². The second-order valence-corrected chi connectivity index (χ2v) is 3.72. The number of halogens is 1. The van der Waals surface area contributed by atoms with Gasteiger partial charge in [0.15, 0.2) is 11.5 Å². The van der Waals surface area contributed by atoms with Gasteiger partial charge in [-0.05, 0) is 25.5 Å². The Morgan fingerprint density at radius 1 is 1.31 bits per heavy atom. The van der Waals surface area contributed by atoms with E-state index in [-0.39, 0.29) is 5.97 Å². The largest absolute Gasteiger partial charge is 0.490 e. The van der Waals surface area contributed by atoms with E-state index >= 15 is 0 Å². The van der Waals surface area contributed by atoms with Crippen molar-refractivity contribution in [2.45, 2.75) is 27.2 Å². The molecule has 0 heterocycles. The van der Waals surface area contributed by atoms with Gasteiger partial charge in [-0.25, -0.2) is 0 Å². The molecule has 0 atom stereocenters. The molecule has 1 aromatic rings. The van der Waals surface area contributed by atoms with Gasteiger partial charge >= 0.3 is 5.97 Å². The van der Waals surface area contributed by atoms with Crippen molar-refractivity contribution >= 4 is 17.6 Å². The number of esters is 1. The molecule has 0 aromatic heterocycles. The Kier molecular flexibility index (Phi) is 4.62. The standard InChI is InChI=1S/C12H15ClO3/c1-4-12(14)16-11-7-9(13)8(3)6-10(11)15-5-2/h6-7H,4-5H2,1-3H3. The number of hydrogen-bond acceptors (Lipinski definition) is 3. The highest BCUT2D eigenvalue weighted by Crippen LogP contribution is 2.33. The summed E-state index contributed by atoms with van der Waals surface area (Å²) >= 11 is 5.97. The van der Waals surface area contributed by atoms with E-state index in [9.17, 15) is 4.79 Å². The lowest BCUT2D eigenvalue weighted by molar-refractivity contribution is -0.134. The number of carbonyl (C=O) groups is 1. The van der Waals surface area contributed by atoms with Crippen LogP contribution in [0.5, 0.6) is 11.5 Å². The monoisotopic (exact) mass is 242 g/mol. The van der Waals surface area contributed by atoms with Crippen molar-refractivity contribution < 1.29 is 14.3 Å². The summed E-state index contributed by atoms with van der Waals surface area (Å²) in [6.45, 7) is 5.99. The molecular formula is C12H15ClO3. The van der Waals surface area contributed by atoms with Gasteiger partial charge in [-0.3, -0.25) is 4.79 Å². The fourth-order valence-electron chi connectivity index (χ4n) is 1.18. The van der Waals surface area contributed by atoms with Crippen molar-refractivity contribution in [2.75, 3.05) is 6.61 Å². The zero-order chi connectivity index (χ0) is 12.1. The number of ether oxygens (including phenoxy) is 2. The first-order valence-electron chi connectivity index (χ1n) is 5.22. The van der Waals surface area contributed by atoms with Gasteiger partial charge in [-0.2, -0.15) is 0 Å². The Labute approximate surface area is 100 Å². The molecule has 0 amide bonds. The maximum absolute atomic E-state index is 11.2. The van der Waals surface area contributed by atoms with Crippen molar-refractivity contribution in [1.82, 2.24) is 0 Å². The molecule has 0 aliphatic heterocycles. The number of aryl methyl sites for hydroxylation is 1. The molecule has 0 fully saturated rings. The molecule has 1 rings (SSSR count). The van der Waals surface area contributed by atoms with Crippen LogP contribution in [0.4, 0.5) is 0 Å². The lowest BCUT2D eigenvalue weighted by atomic mass is 10.2. The first-order chi connectivity index (χ1) is 7.58. The molecule has 3 nitrogen and oxygen atoms in total. The zero-order valence-electron chi connectivity index (χ0n) is 9.67. The molecule has 0 aliphatic carbocycles. The minimum absolute atomic E-state index is 0.305. The van der Waals surface area contributed by atoms with Gasteiger partial charge in [-0.15, -0.1) is 0 Å². The molecule has 0 radical (unpaired) electrons. The van der Waals surface area contributed by atoms with Crippen LogP contribution in [-0.4, -0.2) is 12.6 Å². The van der Waals surface area contributed by atoms with Crippen LogP contribution in [0.2, 0.25) is 5.02 Å². The molecule has 16 heavy (non-hydrogen) atoms. The van der Waals surface area contributed by atoms with Crippen LogP contribution in [0.3, 0.4) is 0 Å². The highest BCUT2D eigenvalue weighted by atomic mass is 35.5. The van der Waals surface area contributed by atoms with Crippen molar-refractivity contribution in [3.05, 3.63) is 22.7 Å². The van der Waals surface area contributed by atoms with E-state index in [1.165, 1.54) is 0 Å². The maximum Gasteiger partial charge on any atom is 0.311 e. The van der Waals surface area contributed by atoms with Crippen molar-refractivity contribution in [1.29, 1.82) is 0 Å². The summed E-state index contributed by atoms with van der Waals surface area (Å²) in [4.78, 5) is 11.2. The first kappa shape index (κ1) is 12.8. The number of carbonyl (C=O) groups excluding carboxylic acids is 1. The zero-order valence-corrected chi connectivity index (χ0v) is 10.4. The molecule has 0 aliphatic rings. The predicted octanol–water partition coefficient (Wildman–Crippen LogP) is 3.36. The molecule has 0 spiro atoms. The molecular weight excluding hydrogens is 228 g/mol. The molecule has 0 saturated heterocycles. The van der Waals surface area contributed by atoms with Gasteiger partial charge in [0, 0.05) is 17.5 Å². The van der Waals surface area contributed by atoms with E-state index in [0.717, 1.165) is 5.56 Å². The highest BCUT2D eigenvalue weighted by molar-refractivity contribution is 6.31. The maximum atomic E-state index is 11.2. The first-order valence-corrected chi connectivity index (χ1v) is 5.59. The van der Waals surface area contributed by atoms with Crippen molar-refractivity contribution in [3.63, 3.8) is 0 Å². The number of hydrogen-bond donors (Lipinski definition) is 0. The molecule has 0 bridgehead atoms. The summed E-state index contributed by atoms with van der Waals surface area (Å²) < 4.78 is 10.5. The lowest BCUT2D eigenvalue weighted by Crippen LogP contribution is -2.07. The van der Waals surface area contributed by atoms with E-state index in [2.05, 4.69) is 0 Å². The Morgan fingerprint density at radius 3 is 2.56 bits per heavy atom. The smallest absolute Gasteiger partial charge is 0.311 e. The molecule has 88 valence electrons. The number of benzene rings is 1. The summed E-state index contributed by atoms with van der Waals surface area (Å²) in [7, 11) is 0. The Hall–Kier alpha value is -1.22. The van der Waals surface area contributed by atoms with Crippen LogP contribution < -0.4 is 9.47 Å². The average Bonchev–Trinajstić information content (AvgIpc) is 2.25. The lowest BCUT2D eigenvalue weighted by Gasteiger charge is -2.11. The van der Waals surface area contributed by atoms with E-state index in [0.29, 0.717) is 29.5 Å². The molecule has 4 heteroatoms. The van der Waals surface area contributed by atoms with Crippen molar-refractivity contribution in [3.8, 4) is 11.5 Å². The minimum atomic E-state index is -0.305. The van der Waals surface area contributed by atoms with Crippen LogP contribution in [0, 0.1) is 6.92 Å². The topological polar surface area (TPSA) is 35.5 Å². The van der Waals surface area contributed by atoms with E-state index < -0.39 is 0 Å².